The summed E-state index contributed by atoms with van der Waals surface area (Å²) in [5.41, 5.74) is 0. The van der Waals surface area contributed by atoms with Crippen molar-refractivity contribution in [1.29, 1.82) is 0 Å². The van der Waals surface area contributed by atoms with Gasteiger partial charge < -0.3 is 19.6 Å². The standard InChI is InChI=1S/C6H6O3.3K.3H/c7-4-1-5(8)3-6(9)2-4;;;;;;/h1-3,7-9H;;;;;;/q;3*+1;3*-1. The van der Waals surface area contributed by atoms with E-state index in [9.17, 15) is 0 Å². The van der Waals surface area contributed by atoms with Crippen LogP contribution in [0.3, 0.4) is 0 Å². The van der Waals surface area contributed by atoms with E-state index in [1.54, 1.807) is 0 Å². The predicted molar refractivity (Wildman–Crippen MR) is 34.8 cm³/mol. The molecule has 0 radical (unpaired) electrons. The molecule has 1 rings (SSSR count). The Labute approximate surface area is 203 Å². The first-order valence-electron chi connectivity index (χ1n) is 2.40. The molecule has 0 heterocycles. The second-order valence-corrected chi connectivity index (χ2v) is 1.71. The summed E-state index contributed by atoms with van der Waals surface area (Å²) >= 11 is 0. The average Bonchev–Trinajstić information content (AvgIpc) is 1.59. The summed E-state index contributed by atoms with van der Waals surface area (Å²) in [5, 5.41) is 26.0. The molecule has 0 amide bonds. The van der Waals surface area contributed by atoms with Crippen molar-refractivity contribution in [3.8, 4) is 17.2 Å². The van der Waals surface area contributed by atoms with E-state index in [2.05, 4.69) is 0 Å². The summed E-state index contributed by atoms with van der Waals surface area (Å²) in [6.45, 7) is 0. The minimum Gasteiger partial charge on any atom is -1.00 e. The maximum Gasteiger partial charge on any atom is 1.00 e. The summed E-state index contributed by atoms with van der Waals surface area (Å²) in [5.74, 6) is -0.437. The maximum atomic E-state index is 8.67. The first-order chi connectivity index (χ1) is 4.18. The number of phenolic OH excluding ortho intramolecular Hbond substituents is 3. The average molecular weight is 246 g/mol. The molecule has 0 spiro atoms. The van der Waals surface area contributed by atoms with Crippen LogP contribution in [0, 0.1) is 0 Å². The van der Waals surface area contributed by atoms with Crippen LogP contribution >= 0.6 is 0 Å². The molecular formula is C6H9K3O3. The van der Waals surface area contributed by atoms with Crippen LogP contribution in [-0.4, -0.2) is 15.3 Å². The van der Waals surface area contributed by atoms with E-state index in [-0.39, 0.29) is 176 Å². The molecule has 0 saturated carbocycles. The van der Waals surface area contributed by atoms with Gasteiger partial charge in [0.15, 0.2) is 0 Å². The Hall–Kier alpha value is 3.53. The smallest absolute Gasteiger partial charge is 1.00 e. The minimum absolute atomic E-state index is 0. The van der Waals surface area contributed by atoms with Gasteiger partial charge in [0.05, 0.1) is 0 Å². The SMILES string of the molecule is Oc1cc(O)cc(O)c1.[H-].[H-].[H-].[K+].[K+].[K+]. The molecule has 0 aliphatic carbocycles. The number of hydrogen-bond donors (Lipinski definition) is 3. The second kappa shape index (κ2) is 11.0. The van der Waals surface area contributed by atoms with Gasteiger partial charge >= 0.3 is 154 Å². The summed E-state index contributed by atoms with van der Waals surface area (Å²) in [6, 6.07) is 3.42. The van der Waals surface area contributed by atoms with Gasteiger partial charge in [-0.2, -0.15) is 0 Å². The van der Waals surface area contributed by atoms with Crippen LogP contribution in [-0.2, 0) is 0 Å². The van der Waals surface area contributed by atoms with Gasteiger partial charge in [-0.3, -0.25) is 0 Å². The number of rotatable bonds is 0. The first kappa shape index (κ1) is 20.9. The van der Waals surface area contributed by atoms with E-state index in [0.29, 0.717) is 0 Å². The second-order valence-electron chi connectivity index (χ2n) is 1.71. The normalized spacial score (nSPS) is 7.00. The Balaban J connectivity index is -0.0000000337. The monoisotopic (exact) mass is 246 g/mol. The van der Waals surface area contributed by atoms with Gasteiger partial charge in [0.25, 0.3) is 0 Å². The summed E-state index contributed by atoms with van der Waals surface area (Å²) in [6.07, 6.45) is 0. The molecule has 0 aromatic heterocycles. The third-order valence-electron chi connectivity index (χ3n) is 0.887. The van der Waals surface area contributed by atoms with Gasteiger partial charge in [0.2, 0.25) is 0 Å². The number of aromatic hydroxyl groups is 3. The zero-order valence-corrected chi connectivity index (χ0v) is 16.9. The van der Waals surface area contributed by atoms with Gasteiger partial charge in [0, 0.05) is 18.2 Å². The molecule has 0 saturated heterocycles. The van der Waals surface area contributed by atoms with Crippen LogP contribution in [0.15, 0.2) is 18.2 Å². The van der Waals surface area contributed by atoms with Gasteiger partial charge in [-0.05, 0) is 0 Å². The van der Waals surface area contributed by atoms with Crippen molar-refractivity contribution in [2.45, 2.75) is 0 Å². The largest absolute Gasteiger partial charge is 1.00 e. The Morgan fingerprint density at radius 1 is 0.667 bits per heavy atom. The van der Waals surface area contributed by atoms with E-state index in [0.717, 1.165) is 18.2 Å². The van der Waals surface area contributed by atoms with E-state index < -0.39 is 0 Å². The van der Waals surface area contributed by atoms with Crippen LogP contribution in [0.4, 0.5) is 0 Å². The summed E-state index contributed by atoms with van der Waals surface area (Å²) < 4.78 is 0. The fourth-order valence-corrected chi connectivity index (χ4v) is 0.580. The molecule has 1 aromatic carbocycles. The van der Waals surface area contributed by atoms with Gasteiger partial charge in [-0.15, -0.1) is 0 Å². The van der Waals surface area contributed by atoms with Gasteiger partial charge in [0.1, 0.15) is 17.2 Å². The molecule has 0 unspecified atom stereocenters. The number of benzene rings is 1. The van der Waals surface area contributed by atoms with E-state index in [4.69, 9.17) is 15.3 Å². The van der Waals surface area contributed by atoms with Crippen molar-refractivity contribution in [2.24, 2.45) is 0 Å². The van der Waals surface area contributed by atoms with Crippen molar-refractivity contribution in [3.05, 3.63) is 18.2 Å². The molecule has 0 fully saturated rings. The quantitative estimate of drug-likeness (QED) is 0.399. The van der Waals surface area contributed by atoms with Crippen LogP contribution in [0.2, 0.25) is 0 Å². The van der Waals surface area contributed by atoms with Crippen molar-refractivity contribution in [3.63, 3.8) is 0 Å². The Kier molecular flexibility index (Phi) is 19.2. The van der Waals surface area contributed by atoms with Gasteiger partial charge in [-0.25, -0.2) is 0 Å². The maximum absolute atomic E-state index is 8.67. The molecule has 1 aromatic rings. The molecule has 3 N–H and O–H groups in total. The molecule has 54 valence electrons. The first-order valence-corrected chi connectivity index (χ1v) is 2.40. The van der Waals surface area contributed by atoms with Crippen molar-refractivity contribution in [2.75, 3.05) is 0 Å². The van der Waals surface area contributed by atoms with E-state index in [1.165, 1.54) is 0 Å². The molecule has 0 atom stereocenters. The zero-order valence-electron chi connectivity index (χ0n) is 10.6. The van der Waals surface area contributed by atoms with Crippen LogP contribution in [0.25, 0.3) is 0 Å². The third kappa shape index (κ3) is 8.81. The topological polar surface area (TPSA) is 60.7 Å². The molecular weight excluding hydrogens is 237 g/mol. The molecule has 0 bridgehead atoms. The van der Waals surface area contributed by atoms with Gasteiger partial charge in [-0.1, -0.05) is 0 Å². The molecule has 6 heteroatoms. The summed E-state index contributed by atoms with van der Waals surface area (Å²) in [7, 11) is 0. The Bertz CT molecular complexity index is 190. The molecule has 0 aliphatic rings. The summed E-state index contributed by atoms with van der Waals surface area (Å²) in [4.78, 5) is 0. The number of phenols is 3. The van der Waals surface area contributed by atoms with Crippen molar-refractivity contribution in [1.82, 2.24) is 0 Å². The fraction of sp³-hybridized carbons (Fsp3) is 0. The van der Waals surface area contributed by atoms with Crippen LogP contribution in [0.5, 0.6) is 17.2 Å². The molecule has 0 aliphatic heterocycles. The predicted octanol–water partition coefficient (Wildman–Crippen LogP) is -7.85. The van der Waals surface area contributed by atoms with Crippen LogP contribution in [0.1, 0.15) is 4.28 Å². The Morgan fingerprint density at radius 3 is 1.00 bits per heavy atom. The van der Waals surface area contributed by atoms with Crippen molar-refractivity contribution >= 4 is 0 Å². The minimum atomic E-state index is -0.146. The fourth-order valence-electron chi connectivity index (χ4n) is 0.580. The Morgan fingerprint density at radius 2 is 0.833 bits per heavy atom. The van der Waals surface area contributed by atoms with Crippen LogP contribution < -0.4 is 154 Å². The van der Waals surface area contributed by atoms with E-state index >= 15 is 0 Å². The molecule has 12 heavy (non-hydrogen) atoms. The zero-order chi connectivity index (χ0) is 6.85. The number of hydrogen-bond acceptors (Lipinski definition) is 3. The third-order valence-corrected chi connectivity index (χ3v) is 0.887. The molecule has 3 nitrogen and oxygen atoms in total. The van der Waals surface area contributed by atoms with Crippen molar-refractivity contribution < 1.29 is 174 Å². The van der Waals surface area contributed by atoms with E-state index in [1.807, 2.05) is 0 Å².